The maximum atomic E-state index is 11.8. The summed E-state index contributed by atoms with van der Waals surface area (Å²) in [4.78, 5) is 22.8. The molecular weight excluding hydrogens is 338 g/mol. The molecule has 6 heteroatoms. The molecule has 0 aliphatic carbocycles. The number of aryl methyl sites for hydroxylation is 2. The topological polar surface area (TPSA) is 75.6 Å². The van der Waals surface area contributed by atoms with Gasteiger partial charge in [0.25, 0.3) is 0 Å². The molecule has 0 aliphatic heterocycles. The number of carbonyl (C=O) groups is 2. The van der Waals surface area contributed by atoms with E-state index in [-0.39, 0.29) is 18.7 Å². The fraction of sp³-hybridized carbons (Fsp3) is 0.467. The van der Waals surface area contributed by atoms with Gasteiger partial charge in [-0.05, 0) is 30.5 Å². The van der Waals surface area contributed by atoms with Crippen LogP contribution in [0.3, 0.4) is 0 Å². The Morgan fingerprint density at radius 2 is 2.14 bits per heavy atom. The SMILES string of the molecule is COCCC(NC(=O)CCc1ccc(Br)c(C)c1)C(=O)O. The van der Waals surface area contributed by atoms with Gasteiger partial charge in [-0.15, -0.1) is 0 Å². The number of nitrogens with one attached hydrogen (secondary N) is 1. The smallest absolute Gasteiger partial charge is 0.326 e. The first-order valence-electron chi connectivity index (χ1n) is 6.70. The van der Waals surface area contributed by atoms with E-state index >= 15 is 0 Å². The Bertz CT molecular complexity index is 504. The second-order valence-electron chi connectivity index (χ2n) is 4.82. The van der Waals surface area contributed by atoms with Crippen molar-refractivity contribution in [2.75, 3.05) is 13.7 Å². The first kappa shape index (κ1) is 17.7. The van der Waals surface area contributed by atoms with Crippen molar-refractivity contribution >= 4 is 27.8 Å². The quantitative estimate of drug-likeness (QED) is 0.748. The molecule has 116 valence electrons. The number of carbonyl (C=O) groups excluding carboxylic acids is 1. The van der Waals surface area contributed by atoms with Crippen LogP contribution in [0.15, 0.2) is 22.7 Å². The van der Waals surface area contributed by atoms with Crippen molar-refractivity contribution in [3.8, 4) is 0 Å². The second-order valence-corrected chi connectivity index (χ2v) is 5.68. The van der Waals surface area contributed by atoms with E-state index in [4.69, 9.17) is 9.84 Å². The van der Waals surface area contributed by atoms with Gasteiger partial charge in [-0.1, -0.05) is 28.1 Å². The maximum Gasteiger partial charge on any atom is 0.326 e. The van der Waals surface area contributed by atoms with Crippen molar-refractivity contribution in [3.63, 3.8) is 0 Å². The molecule has 5 nitrogen and oxygen atoms in total. The Morgan fingerprint density at radius 3 is 2.71 bits per heavy atom. The molecule has 1 amide bonds. The molecular formula is C15H20BrNO4. The van der Waals surface area contributed by atoms with Crippen molar-refractivity contribution < 1.29 is 19.4 Å². The molecule has 0 saturated heterocycles. The minimum absolute atomic E-state index is 0.259. The number of benzene rings is 1. The van der Waals surface area contributed by atoms with Gasteiger partial charge in [0.15, 0.2) is 0 Å². The molecule has 0 spiro atoms. The molecule has 0 aliphatic rings. The van der Waals surface area contributed by atoms with E-state index in [0.29, 0.717) is 13.0 Å². The van der Waals surface area contributed by atoms with E-state index in [1.807, 2.05) is 25.1 Å². The number of amides is 1. The standard InChI is InChI=1S/C15H20BrNO4/c1-10-9-11(3-5-12(10)16)4-6-14(18)17-13(15(19)20)7-8-21-2/h3,5,9,13H,4,6-8H2,1-2H3,(H,17,18)(H,19,20). The van der Waals surface area contributed by atoms with Gasteiger partial charge in [-0.3, -0.25) is 4.79 Å². The molecule has 0 radical (unpaired) electrons. The zero-order chi connectivity index (χ0) is 15.8. The lowest BCUT2D eigenvalue weighted by molar-refractivity contribution is -0.142. The summed E-state index contributed by atoms with van der Waals surface area (Å²) in [7, 11) is 1.50. The number of ether oxygens (including phenoxy) is 1. The Labute approximate surface area is 132 Å². The molecule has 1 unspecified atom stereocenters. The zero-order valence-electron chi connectivity index (χ0n) is 12.2. The van der Waals surface area contributed by atoms with E-state index in [1.165, 1.54) is 7.11 Å². The average Bonchev–Trinajstić information content (AvgIpc) is 2.44. The fourth-order valence-electron chi connectivity index (χ4n) is 1.88. The fourth-order valence-corrected chi connectivity index (χ4v) is 2.13. The summed E-state index contributed by atoms with van der Waals surface area (Å²) in [6.07, 6.45) is 1.10. The van der Waals surface area contributed by atoms with Crippen molar-refractivity contribution in [1.29, 1.82) is 0 Å². The van der Waals surface area contributed by atoms with Crippen LogP contribution in [0.4, 0.5) is 0 Å². The van der Waals surface area contributed by atoms with Crippen molar-refractivity contribution in [3.05, 3.63) is 33.8 Å². The predicted molar refractivity (Wildman–Crippen MR) is 83.3 cm³/mol. The van der Waals surface area contributed by atoms with E-state index < -0.39 is 12.0 Å². The molecule has 0 aromatic heterocycles. The second kappa shape index (κ2) is 8.79. The van der Waals surface area contributed by atoms with Gasteiger partial charge in [0.1, 0.15) is 6.04 Å². The van der Waals surface area contributed by atoms with Crippen LogP contribution >= 0.6 is 15.9 Å². The highest BCUT2D eigenvalue weighted by Gasteiger charge is 2.19. The molecule has 1 aromatic rings. The summed E-state index contributed by atoms with van der Waals surface area (Å²) in [6.45, 7) is 2.28. The number of carboxylic acids is 1. The highest BCUT2D eigenvalue weighted by molar-refractivity contribution is 9.10. The highest BCUT2D eigenvalue weighted by atomic mass is 79.9. The molecule has 21 heavy (non-hydrogen) atoms. The Balaban J connectivity index is 2.48. The van der Waals surface area contributed by atoms with E-state index in [9.17, 15) is 9.59 Å². The van der Waals surface area contributed by atoms with E-state index in [1.54, 1.807) is 0 Å². The van der Waals surface area contributed by atoms with Crippen LogP contribution in [-0.4, -0.2) is 36.7 Å². The van der Waals surface area contributed by atoms with Crippen LogP contribution in [0.5, 0.6) is 0 Å². The van der Waals surface area contributed by atoms with Gasteiger partial charge in [-0.25, -0.2) is 4.79 Å². The number of hydrogen-bond donors (Lipinski definition) is 2. The number of aliphatic carboxylic acids is 1. The lowest BCUT2D eigenvalue weighted by Gasteiger charge is -2.14. The van der Waals surface area contributed by atoms with Crippen molar-refractivity contribution in [2.45, 2.75) is 32.2 Å². The molecule has 0 saturated carbocycles. The van der Waals surface area contributed by atoms with Gasteiger partial charge in [0.2, 0.25) is 5.91 Å². The molecule has 0 fully saturated rings. The van der Waals surface area contributed by atoms with Gasteiger partial charge in [-0.2, -0.15) is 0 Å². The van der Waals surface area contributed by atoms with Crippen molar-refractivity contribution in [1.82, 2.24) is 5.32 Å². The lowest BCUT2D eigenvalue weighted by atomic mass is 10.1. The molecule has 0 heterocycles. The summed E-state index contributed by atoms with van der Waals surface area (Å²) in [5.41, 5.74) is 2.16. The third-order valence-electron chi connectivity index (χ3n) is 3.11. The molecule has 0 bridgehead atoms. The normalized spacial score (nSPS) is 12.0. The van der Waals surface area contributed by atoms with Crippen LogP contribution in [0.25, 0.3) is 0 Å². The molecule has 1 aromatic carbocycles. The van der Waals surface area contributed by atoms with Gasteiger partial charge >= 0.3 is 5.97 Å². The Kier molecular flexibility index (Phi) is 7.39. The number of hydrogen-bond acceptors (Lipinski definition) is 3. The third-order valence-corrected chi connectivity index (χ3v) is 4.00. The van der Waals surface area contributed by atoms with Gasteiger partial charge < -0.3 is 15.2 Å². The summed E-state index contributed by atoms with van der Waals surface area (Å²) in [6, 6.07) is 5.01. The minimum Gasteiger partial charge on any atom is -0.480 e. The van der Waals surface area contributed by atoms with Gasteiger partial charge in [0.05, 0.1) is 0 Å². The minimum atomic E-state index is -1.04. The monoisotopic (exact) mass is 357 g/mol. The zero-order valence-corrected chi connectivity index (χ0v) is 13.8. The van der Waals surface area contributed by atoms with Crippen LogP contribution in [0, 0.1) is 6.92 Å². The first-order valence-corrected chi connectivity index (χ1v) is 7.49. The molecule has 2 N–H and O–H groups in total. The number of methoxy groups -OCH3 is 1. The highest BCUT2D eigenvalue weighted by Crippen LogP contribution is 2.17. The average molecular weight is 358 g/mol. The lowest BCUT2D eigenvalue weighted by Crippen LogP contribution is -2.41. The number of rotatable bonds is 8. The number of halogens is 1. The predicted octanol–water partition coefficient (Wildman–Crippen LogP) is 2.30. The van der Waals surface area contributed by atoms with Crippen LogP contribution in [0.1, 0.15) is 24.0 Å². The molecule has 1 atom stereocenters. The van der Waals surface area contributed by atoms with Crippen LogP contribution in [0.2, 0.25) is 0 Å². The Morgan fingerprint density at radius 1 is 1.43 bits per heavy atom. The van der Waals surface area contributed by atoms with E-state index in [0.717, 1.165) is 15.6 Å². The van der Waals surface area contributed by atoms with Gasteiger partial charge in [0, 0.05) is 31.0 Å². The van der Waals surface area contributed by atoms with Crippen LogP contribution < -0.4 is 5.32 Å². The van der Waals surface area contributed by atoms with Crippen LogP contribution in [-0.2, 0) is 20.7 Å². The first-order chi connectivity index (χ1) is 9.93. The largest absolute Gasteiger partial charge is 0.480 e. The summed E-state index contributed by atoms with van der Waals surface area (Å²) in [5.74, 6) is -1.31. The molecule has 1 rings (SSSR count). The summed E-state index contributed by atoms with van der Waals surface area (Å²) < 4.78 is 5.87. The van der Waals surface area contributed by atoms with E-state index in [2.05, 4.69) is 21.2 Å². The Hall–Kier alpha value is -1.40. The maximum absolute atomic E-state index is 11.8. The summed E-state index contributed by atoms with van der Waals surface area (Å²) >= 11 is 3.43. The number of carboxylic acid groups (broad SMARTS) is 1. The van der Waals surface area contributed by atoms with Crippen molar-refractivity contribution in [2.24, 2.45) is 0 Å². The third kappa shape index (κ3) is 6.27. The summed E-state index contributed by atoms with van der Waals surface area (Å²) in [5, 5.41) is 11.5.